The Bertz CT molecular complexity index is 1440. The molecule has 0 radical (unpaired) electrons. The first-order valence-electron chi connectivity index (χ1n) is 9.95. The summed E-state index contributed by atoms with van der Waals surface area (Å²) in [5, 5.41) is 11.2. The lowest BCUT2D eigenvalue weighted by atomic mass is 10.1. The summed E-state index contributed by atoms with van der Waals surface area (Å²) < 4.78 is 4.12. The van der Waals surface area contributed by atoms with Gasteiger partial charge in [-0.1, -0.05) is 71.9 Å². The van der Waals surface area contributed by atoms with Gasteiger partial charge in [0.25, 0.3) is 0 Å². The number of rotatable bonds is 3. The van der Waals surface area contributed by atoms with Crippen LogP contribution in [-0.4, -0.2) is 19.6 Å². The third kappa shape index (κ3) is 2.62. The lowest BCUT2D eigenvalue weighted by Crippen LogP contribution is -1.94. The van der Waals surface area contributed by atoms with Crippen LogP contribution in [0.2, 0.25) is 0 Å². The molecule has 0 N–H and O–H groups in total. The highest BCUT2D eigenvalue weighted by Gasteiger charge is 2.12. The van der Waals surface area contributed by atoms with E-state index in [-0.39, 0.29) is 0 Å². The Labute approximate surface area is 173 Å². The minimum Gasteiger partial charge on any atom is -0.309 e. The SMILES string of the molecule is c1ccc(-n2cc(-c3cccc(-n4c5ccccc5c5ccccc54)c3)nn2)cc1. The highest BCUT2D eigenvalue weighted by molar-refractivity contribution is 6.09. The molecule has 6 rings (SSSR count). The molecular weight excluding hydrogens is 368 g/mol. The third-order valence-corrected chi connectivity index (χ3v) is 5.49. The van der Waals surface area contributed by atoms with E-state index in [9.17, 15) is 0 Å². The molecule has 0 saturated heterocycles. The van der Waals surface area contributed by atoms with Crippen LogP contribution in [0.4, 0.5) is 0 Å². The van der Waals surface area contributed by atoms with E-state index in [1.807, 2.05) is 41.2 Å². The molecule has 2 aromatic heterocycles. The summed E-state index contributed by atoms with van der Waals surface area (Å²) in [5.74, 6) is 0. The highest BCUT2D eigenvalue weighted by atomic mass is 15.4. The van der Waals surface area contributed by atoms with Crippen LogP contribution in [0.1, 0.15) is 0 Å². The van der Waals surface area contributed by atoms with Crippen molar-refractivity contribution in [2.45, 2.75) is 0 Å². The van der Waals surface area contributed by atoms with Gasteiger partial charge >= 0.3 is 0 Å². The Morgan fingerprint density at radius 1 is 0.567 bits per heavy atom. The summed E-state index contributed by atoms with van der Waals surface area (Å²) in [6.07, 6.45) is 1.97. The van der Waals surface area contributed by atoms with Gasteiger partial charge in [0, 0.05) is 22.0 Å². The van der Waals surface area contributed by atoms with E-state index in [2.05, 4.69) is 87.7 Å². The predicted octanol–water partition coefficient (Wildman–Crippen LogP) is 6.03. The standard InChI is InChI=1S/C26H18N4/c1-2-10-20(11-3-1)29-18-24(27-28-29)19-9-8-12-21(17-19)30-25-15-6-4-13-22(25)23-14-5-7-16-26(23)30/h1-18H. The van der Waals surface area contributed by atoms with E-state index in [0.29, 0.717) is 0 Å². The third-order valence-electron chi connectivity index (χ3n) is 5.49. The van der Waals surface area contributed by atoms with Crippen molar-refractivity contribution in [3.05, 3.63) is 109 Å². The van der Waals surface area contributed by atoms with E-state index in [1.165, 1.54) is 21.8 Å². The summed E-state index contributed by atoms with van der Waals surface area (Å²) in [6.45, 7) is 0. The molecule has 6 aromatic rings. The van der Waals surface area contributed by atoms with E-state index in [4.69, 9.17) is 0 Å². The molecule has 4 aromatic carbocycles. The van der Waals surface area contributed by atoms with Crippen LogP contribution in [-0.2, 0) is 0 Å². The minimum absolute atomic E-state index is 0.849. The van der Waals surface area contributed by atoms with Gasteiger partial charge in [-0.2, -0.15) is 0 Å². The van der Waals surface area contributed by atoms with Crippen LogP contribution in [0.3, 0.4) is 0 Å². The van der Waals surface area contributed by atoms with Crippen LogP contribution in [0, 0.1) is 0 Å². The Morgan fingerprint density at radius 2 is 1.20 bits per heavy atom. The fraction of sp³-hybridized carbons (Fsp3) is 0. The molecule has 0 saturated carbocycles. The monoisotopic (exact) mass is 386 g/mol. The van der Waals surface area contributed by atoms with Gasteiger partial charge in [-0.25, -0.2) is 4.68 Å². The number of hydrogen-bond donors (Lipinski definition) is 0. The molecule has 0 atom stereocenters. The van der Waals surface area contributed by atoms with E-state index in [0.717, 1.165) is 22.6 Å². The molecule has 2 heterocycles. The van der Waals surface area contributed by atoms with Crippen LogP contribution < -0.4 is 0 Å². The molecule has 0 amide bonds. The van der Waals surface area contributed by atoms with Gasteiger partial charge in [-0.3, -0.25) is 0 Å². The zero-order valence-electron chi connectivity index (χ0n) is 16.2. The summed E-state index contributed by atoms with van der Waals surface area (Å²) in [7, 11) is 0. The molecule has 0 fully saturated rings. The number of benzene rings is 4. The van der Waals surface area contributed by atoms with Crippen molar-refractivity contribution in [3.8, 4) is 22.6 Å². The molecule has 0 aliphatic carbocycles. The molecule has 0 aliphatic heterocycles. The molecule has 0 aliphatic rings. The Balaban J connectivity index is 1.51. The number of hydrogen-bond acceptors (Lipinski definition) is 2. The number of para-hydroxylation sites is 3. The van der Waals surface area contributed by atoms with Crippen molar-refractivity contribution >= 4 is 21.8 Å². The van der Waals surface area contributed by atoms with Gasteiger partial charge in [0.2, 0.25) is 0 Å². The summed E-state index contributed by atoms with van der Waals surface area (Å²) >= 11 is 0. The second-order valence-corrected chi connectivity index (χ2v) is 7.30. The van der Waals surface area contributed by atoms with Crippen molar-refractivity contribution in [3.63, 3.8) is 0 Å². The van der Waals surface area contributed by atoms with Gasteiger partial charge in [-0.05, 0) is 36.4 Å². The van der Waals surface area contributed by atoms with E-state index >= 15 is 0 Å². The van der Waals surface area contributed by atoms with Gasteiger partial charge in [0.15, 0.2) is 0 Å². The molecule has 4 nitrogen and oxygen atoms in total. The van der Waals surface area contributed by atoms with Crippen LogP contribution in [0.15, 0.2) is 109 Å². The lowest BCUT2D eigenvalue weighted by Gasteiger charge is -2.09. The zero-order chi connectivity index (χ0) is 19.9. The van der Waals surface area contributed by atoms with E-state index in [1.54, 1.807) is 0 Å². The largest absolute Gasteiger partial charge is 0.309 e. The average Bonchev–Trinajstić information content (AvgIpc) is 3.43. The number of nitrogens with zero attached hydrogens (tertiary/aromatic N) is 4. The van der Waals surface area contributed by atoms with Crippen LogP contribution in [0.25, 0.3) is 44.4 Å². The summed E-state index contributed by atoms with van der Waals surface area (Å²) in [5.41, 5.74) is 6.39. The highest BCUT2D eigenvalue weighted by Crippen LogP contribution is 2.32. The Hall–Kier alpha value is -4.18. The quantitative estimate of drug-likeness (QED) is 0.372. The van der Waals surface area contributed by atoms with Crippen molar-refractivity contribution in [2.24, 2.45) is 0 Å². The first-order chi connectivity index (χ1) is 14.9. The second kappa shape index (κ2) is 6.71. The zero-order valence-corrected chi connectivity index (χ0v) is 16.2. The second-order valence-electron chi connectivity index (χ2n) is 7.30. The van der Waals surface area contributed by atoms with E-state index < -0.39 is 0 Å². The first kappa shape index (κ1) is 16.7. The van der Waals surface area contributed by atoms with Gasteiger partial charge in [0.1, 0.15) is 5.69 Å². The normalized spacial score (nSPS) is 11.3. The maximum Gasteiger partial charge on any atom is 0.113 e. The molecular formula is C26H18N4. The predicted molar refractivity (Wildman–Crippen MR) is 121 cm³/mol. The number of fused-ring (bicyclic) bond motifs is 3. The molecule has 0 spiro atoms. The van der Waals surface area contributed by atoms with Gasteiger partial charge in [0.05, 0.1) is 22.9 Å². The molecule has 4 heteroatoms. The van der Waals surface area contributed by atoms with Gasteiger partial charge < -0.3 is 4.57 Å². The summed E-state index contributed by atoms with van der Waals surface area (Å²) in [6, 6.07) is 35.6. The minimum atomic E-state index is 0.849. The fourth-order valence-electron chi connectivity index (χ4n) is 4.11. The summed E-state index contributed by atoms with van der Waals surface area (Å²) in [4.78, 5) is 0. The number of aromatic nitrogens is 4. The van der Waals surface area contributed by atoms with Gasteiger partial charge in [-0.15, -0.1) is 5.10 Å². The van der Waals surface area contributed by atoms with Crippen molar-refractivity contribution in [2.75, 3.05) is 0 Å². The van der Waals surface area contributed by atoms with Crippen molar-refractivity contribution < 1.29 is 0 Å². The molecule has 0 unspecified atom stereocenters. The Kier molecular flexibility index (Phi) is 3.74. The smallest absolute Gasteiger partial charge is 0.113 e. The van der Waals surface area contributed by atoms with Crippen LogP contribution in [0.5, 0.6) is 0 Å². The lowest BCUT2D eigenvalue weighted by molar-refractivity contribution is 0.804. The Morgan fingerprint density at radius 3 is 1.93 bits per heavy atom. The first-order valence-corrected chi connectivity index (χ1v) is 9.95. The molecule has 0 bridgehead atoms. The fourth-order valence-corrected chi connectivity index (χ4v) is 4.11. The maximum atomic E-state index is 4.41. The maximum absolute atomic E-state index is 4.41. The van der Waals surface area contributed by atoms with Crippen LogP contribution >= 0.6 is 0 Å². The molecule has 30 heavy (non-hydrogen) atoms. The topological polar surface area (TPSA) is 35.6 Å². The molecule has 142 valence electrons. The average molecular weight is 386 g/mol. The van der Waals surface area contributed by atoms with Crippen molar-refractivity contribution in [1.82, 2.24) is 19.6 Å². The van der Waals surface area contributed by atoms with Crippen molar-refractivity contribution in [1.29, 1.82) is 0 Å².